The van der Waals surface area contributed by atoms with Crippen molar-refractivity contribution in [3.63, 3.8) is 0 Å². The molecule has 0 saturated carbocycles. The van der Waals surface area contributed by atoms with Crippen LogP contribution in [0, 0.1) is 0 Å². The Hall–Kier alpha value is -0.170. The van der Waals surface area contributed by atoms with Crippen LogP contribution in [0.1, 0.15) is 12.8 Å². The quantitative estimate of drug-likeness (QED) is 0.604. The second-order valence-corrected chi connectivity index (χ2v) is 5.40. The lowest BCUT2D eigenvalue weighted by Gasteiger charge is -2.22. The van der Waals surface area contributed by atoms with E-state index in [1.54, 1.807) is 7.05 Å². The van der Waals surface area contributed by atoms with Crippen molar-refractivity contribution in [1.82, 2.24) is 10.0 Å². The van der Waals surface area contributed by atoms with Crippen LogP contribution in [0.5, 0.6) is 0 Å². The van der Waals surface area contributed by atoms with Crippen LogP contribution in [0.2, 0.25) is 0 Å². The van der Waals surface area contributed by atoms with Gasteiger partial charge in [-0.1, -0.05) is 0 Å². The van der Waals surface area contributed by atoms with Gasteiger partial charge >= 0.3 is 0 Å². The molecule has 0 unspecified atom stereocenters. The summed E-state index contributed by atoms with van der Waals surface area (Å²) in [6.45, 7) is 2.22. The number of rotatable bonds is 5. The molecule has 5 nitrogen and oxygen atoms in total. The van der Waals surface area contributed by atoms with Gasteiger partial charge in [0.1, 0.15) is 0 Å². The van der Waals surface area contributed by atoms with E-state index in [4.69, 9.17) is 4.74 Å². The second kappa shape index (κ2) is 5.65. The van der Waals surface area contributed by atoms with Gasteiger partial charge in [-0.2, -0.15) is 0 Å². The van der Waals surface area contributed by atoms with Crippen molar-refractivity contribution in [3.8, 4) is 0 Å². The number of hydrogen-bond donors (Lipinski definition) is 2. The Labute approximate surface area is 85.3 Å². The Morgan fingerprint density at radius 1 is 1.29 bits per heavy atom. The zero-order valence-corrected chi connectivity index (χ0v) is 9.27. The van der Waals surface area contributed by atoms with Crippen LogP contribution >= 0.6 is 0 Å². The summed E-state index contributed by atoms with van der Waals surface area (Å²) < 4.78 is 31.0. The molecule has 6 heteroatoms. The Kier molecular flexibility index (Phi) is 4.80. The van der Waals surface area contributed by atoms with Gasteiger partial charge in [-0.15, -0.1) is 0 Å². The van der Waals surface area contributed by atoms with Crippen molar-refractivity contribution < 1.29 is 13.2 Å². The monoisotopic (exact) mass is 222 g/mol. The Balaban J connectivity index is 2.38. The van der Waals surface area contributed by atoms with Crippen molar-refractivity contribution in [1.29, 1.82) is 0 Å². The van der Waals surface area contributed by atoms with Crippen LogP contribution in [-0.2, 0) is 14.8 Å². The van der Waals surface area contributed by atoms with Crippen LogP contribution < -0.4 is 10.0 Å². The summed E-state index contributed by atoms with van der Waals surface area (Å²) in [5, 5.41) is 2.62. The van der Waals surface area contributed by atoms with Crippen LogP contribution in [0.15, 0.2) is 0 Å². The third-order valence-electron chi connectivity index (χ3n) is 2.29. The fourth-order valence-electron chi connectivity index (χ4n) is 1.42. The molecule has 0 bridgehead atoms. The first-order valence-electron chi connectivity index (χ1n) is 4.87. The number of hydrogen-bond acceptors (Lipinski definition) is 4. The normalized spacial score (nSPS) is 19.8. The molecule has 0 aromatic rings. The molecule has 0 amide bonds. The van der Waals surface area contributed by atoms with Crippen molar-refractivity contribution in [2.45, 2.75) is 18.1 Å². The Morgan fingerprint density at radius 2 is 1.93 bits per heavy atom. The first-order chi connectivity index (χ1) is 6.67. The third-order valence-corrected chi connectivity index (χ3v) is 4.24. The fourth-order valence-corrected chi connectivity index (χ4v) is 2.86. The van der Waals surface area contributed by atoms with Crippen LogP contribution in [-0.4, -0.2) is 47.0 Å². The molecule has 0 aromatic heterocycles. The smallest absolute Gasteiger partial charge is 0.214 e. The summed E-state index contributed by atoms with van der Waals surface area (Å²) in [4.78, 5) is 0. The van der Waals surface area contributed by atoms with E-state index in [9.17, 15) is 8.42 Å². The largest absolute Gasteiger partial charge is 0.381 e. The highest BCUT2D eigenvalue weighted by molar-refractivity contribution is 7.90. The van der Waals surface area contributed by atoms with E-state index in [2.05, 4.69) is 10.0 Å². The molecule has 84 valence electrons. The van der Waals surface area contributed by atoms with Crippen molar-refractivity contribution in [3.05, 3.63) is 0 Å². The van der Waals surface area contributed by atoms with Gasteiger partial charge < -0.3 is 10.1 Å². The molecule has 1 fully saturated rings. The maximum Gasteiger partial charge on any atom is 0.214 e. The lowest BCUT2D eigenvalue weighted by Crippen LogP contribution is -2.40. The van der Waals surface area contributed by atoms with Crippen molar-refractivity contribution in [2.24, 2.45) is 0 Å². The molecule has 0 spiro atoms. The topological polar surface area (TPSA) is 67.4 Å². The summed E-state index contributed by atoms with van der Waals surface area (Å²) >= 11 is 0. The summed E-state index contributed by atoms with van der Waals surface area (Å²) in [7, 11) is -1.33. The van der Waals surface area contributed by atoms with E-state index in [-0.39, 0.29) is 5.25 Å². The summed E-state index contributed by atoms with van der Waals surface area (Å²) in [5.74, 6) is 0. The Morgan fingerprint density at radius 3 is 2.50 bits per heavy atom. The molecule has 0 atom stereocenters. The van der Waals surface area contributed by atoms with Gasteiger partial charge in [-0.3, -0.25) is 0 Å². The lowest BCUT2D eigenvalue weighted by molar-refractivity contribution is 0.0981. The minimum Gasteiger partial charge on any atom is -0.381 e. The first-order valence-corrected chi connectivity index (χ1v) is 6.42. The van der Waals surface area contributed by atoms with E-state index in [0.717, 1.165) is 0 Å². The standard InChI is InChI=1S/C8H18N2O3S/c1-9-4-5-10-14(11,12)8-2-6-13-7-3-8/h8-10H,2-7H2,1H3. The number of nitrogens with one attached hydrogen (secondary N) is 2. The highest BCUT2D eigenvalue weighted by atomic mass is 32.2. The van der Waals surface area contributed by atoms with Gasteiger partial charge in [-0.25, -0.2) is 13.1 Å². The van der Waals surface area contributed by atoms with E-state index in [1.165, 1.54) is 0 Å². The van der Waals surface area contributed by atoms with Gasteiger partial charge in [0.15, 0.2) is 0 Å². The number of ether oxygens (including phenoxy) is 1. The SMILES string of the molecule is CNCCNS(=O)(=O)C1CCOCC1. The molecule has 0 aromatic carbocycles. The van der Waals surface area contributed by atoms with Gasteiger partial charge in [0.25, 0.3) is 0 Å². The first kappa shape index (κ1) is 11.9. The molecule has 0 aliphatic carbocycles. The molecule has 14 heavy (non-hydrogen) atoms. The predicted molar refractivity (Wildman–Crippen MR) is 54.7 cm³/mol. The second-order valence-electron chi connectivity index (χ2n) is 3.35. The fraction of sp³-hybridized carbons (Fsp3) is 1.00. The van der Waals surface area contributed by atoms with E-state index in [1.807, 2.05) is 0 Å². The lowest BCUT2D eigenvalue weighted by atomic mass is 10.2. The Bertz CT molecular complexity index is 247. The zero-order valence-electron chi connectivity index (χ0n) is 8.45. The minimum absolute atomic E-state index is 0.270. The van der Waals surface area contributed by atoms with Gasteiger partial charge in [0, 0.05) is 26.3 Å². The van der Waals surface area contributed by atoms with E-state index >= 15 is 0 Å². The molecule has 2 N–H and O–H groups in total. The summed E-state index contributed by atoms with van der Waals surface area (Å²) in [5.41, 5.74) is 0. The molecular weight excluding hydrogens is 204 g/mol. The summed E-state index contributed by atoms with van der Waals surface area (Å²) in [6, 6.07) is 0. The van der Waals surface area contributed by atoms with Crippen LogP contribution in [0.3, 0.4) is 0 Å². The average molecular weight is 222 g/mol. The molecule has 1 rings (SSSR count). The molecule has 1 aliphatic rings. The van der Waals surface area contributed by atoms with Crippen molar-refractivity contribution in [2.75, 3.05) is 33.4 Å². The number of sulfonamides is 1. The summed E-state index contributed by atoms with van der Waals surface area (Å²) in [6.07, 6.45) is 1.21. The number of likely N-dealkylation sites (N-methyl/N-ethyl adjacent to an activating group) is 1. The molecule has 0 radical (unpaired) electrons. The zero-order chi connectivity index (χ0) is 10.4. The maximum atomic E-state index is 11.7. The van der Waals surface area contributed by atoms with E-state index < -0.39 is 10.0 Å². The minimum atomic E-state index is -3.13. The van der Waals surface area contributed by atoms with Crippen LogP contribution in [0.4, 0.5) is 0 Å². The molecule has 1 saturated heterocycles. The van der Waals surface area contributed by atoms with E-state index in [0.29, 0.717) is 39.1 Å². The van der Waals surface area contributed by atoms with Gasteiger partial charge in [-0.05, 0) is 19.9 Å². The third kappa shape index (κ3) is 3.53. The molecule has 1 aliphatic heterocycles. The molecule has 1 heterocycles. The molecular formula is C8H18N2O3S. The average Bonchev–Trinajstić information content (AvgIpc) is 2.19. The van der Waals surface area contributed by atoms with Gasteiger partial charge in [0.2, 0.25) is 10.0 Å². The highest BCUT2D eigenvalue weighted by Crippen LogP contribution is 2.14. The predicted octanol–water partition coefficient (Wildman–Crippen LogP) is -0.696. The highest BCUT2D eigenvalue weighted by Gasteiger charge is 2.26. The van der Waals surface area contributed by atoms with Crippen LogP contribution in [0.25, 0.3) is 0 Å². The van der Waals surface area contributed by atoms with Crippen molar-refractivity contribution >= 4 is 10.0 Å². The maximum absolute atomic E-state index is 11.7. The van der Waals surface area contributed by atoms with Gasteiger partial charge in [0.05, 0.1) is 5.25 Å².